The minimum absolute atomic E-state index is 0.118. The maximum absolute atomic E-state index is 11.2. The summed E-state index contributed by atoms with van der Waals surface area (Å²) in [5, 5.41) is 19.9. The molecular formula is C11H18O7. The average molecular weight is 262 g/mol. The van der Waals surface area contributed by atoms with Crippen LogP contribution in [0.3, 0.4) is 0 Å². The van der Waals surface area contributed by atoms with Crippen LogP contribution in [-0.2, 0) is 23.7 Å². The van der Waals surface area contributed by atoms with Gasteiger partial charge in [-0.3, -0.25) is 4.79 Å². The van der Waals surface area contributed by atoms with Crippen LogP contribution >= 0.6 is 0 Å². The quantitative estimate of drug-likeness (QED) is 0.604. The van der Waals surface area contributed by atoms with Crippen molar-refractivity contribution in [1.82, 2.24) is 0 Å². The molecule has 0 bridgehead atoms. The van der Waals surface area contributed by atoms with Crippen molar-refractivity contribution in [3.8, 4) is 0 Å². The van der Waals surface area contributed by atoms with Gasteiger partial charge in [0, 0.05) is 0 Å². The van der Waals surface area contributed by atoms with E-state index in [-0.39, 0.29) is 13.0 Å². The van der Waals surface area contributed by atoms with Crippen LogP contribution in [0.4, 0.5) is 0 Å². The zero-order chi connectivity index (χ0) is 13.3. The molecule has 6 atom stereocenters. The van der Waals surface area contributed by atoms with Crippen LogP contribution in [0.25, 0.3) is 0 Å². The molecule has 7 heteroatoms. The molecule has 0 aliphatic carbocycles. The number of aliphatic hydroxyl groups is 2. The fraction of sp³-hybridized carbons (Fsp3) is 0.909. The van der Waals surface area contributed by atoms with E-state index in [1.807, 2.05) is 0 Å². The normalized spacial score (nSPS) is 44.2. The number of hydrogen-bond donors (Lipinski definition) is 2. The molecule has 0 aromatic rings. The second-order valence-electron chi connectivity index (χ2n) is 4.48. The maximum atomic E-state index is 11.2. The highest BCUT2D eigenvalue weighted by Gasteiger charge is 2.48. The zero-order valence-electron chi connectivity index (χ0n) is 10.3. The zero-order valence-corrected chi connectivity index (χ0v) is 10.3. The first-order chi connectivity index (χ1) is 8.52. The minimum atomic E-state index is -1.18. The van der Waals surface area contributed by atoms with Crippen molar-refractivity contribution in [3.63, 3.8) is 0 Å². The summed E-state index contributed by atoms with van der Waals surface area (Å²) in [5.41, 5.74) is 0. The molecule has 2 heterocycles. The third-order valence-electron chi connectivity index (χ3n) is 3.22. The molecule has 0 spiro atoms. The molecule has 2 rings (SSSR count). The average Bonchev–Trinajstić information content (AvgIpc) is 2.36. The van der Waals surface area contributed by atoms with Crippen LogP contribution in [0.5, 0.6) is 0 Å². The second-order valence-corrected chi connectivity index (χ2v) is 4.48. The van der Waals surface area contributed by atoms with Crippen molar-refractivity contribution in [1.29, 1.82) is 0 Å². The predicted octanol–water partition coefficient (Wildman–Crippen LogP) is -1.20. The summed E-state index contributed by atoms with van der Waals surface area (Å²) in [7, 11) is 1.26. The Balaban J connectivity index is 2.03. The third kappa shape index (κ3) is 2.65. The number of carbonyl (C=O) groups excluding carboxylic acids is 1. The van der Waals surface area contributed by atoms with E-state index < -0.39 is 42.8 Å². The Morgan fingerprint density at radius 2 is 2.06 bits per heavy atom. The van der Waals surface area contributed by atoms with E-state index in [4.69, 9.17) is 14.2 Å². The number of fused-ring (bicyclic) bond motifs is 1. The Bertz CT molecular complexity index is 306. The van der Waals surface area contributed by atoms with E-state index in [2.05, 4.69) is 4.74 Å². The lowest BCUT2D eigenvalue weighted by Crippen LogP contribution is -2.62. The molecule has 18 heavy (non-hydrogen) atoms. The first-order valence-corrected chi connectivity index (χ1v) is 5.88. The van der Waals surface area contributed by atoms with Gasteiger partial charge in [0.05, 0.1) is 26.2 Å². The minimum Gasteiger partial charge on any atom is -0.469 e. The van der Waals surface area contributed by atoms with Gasteiger partial charge < -0.3 is 29.2 Å². The van der Waals surface area contributed by atoms with Crippen LogP contribution in [0.1, 0.15) is 13.3 Å². The summed E-state index contributed by atoms with van der Waals surface area (Å²) in [4.78, 5) is 11.2. The highest BCUT2D eigenvalue weighted by molar-refractivity contribution is 5.69. The van der Waals surface area contributed by atoms with Crippen molar-refractivity contribution in [2.24, 2.45) is 0 Å². The van der Waals surface area contributed by atoms with Gasteiger partial charge in [-0.05, 0) is 6.92 Å². The molecule has 2 N–H and O–H groups in total. The van der Waals surface area contributed by atoms with E-state index in [1.54, 1.807) is 6.92 Å². The van der Waals surface area contributed by atoms with Crippen molar-refractivity contribution in [3.05, 3.63) is 0 Å². The van der Waals surface area contributed by atoms with Crippen molar-refractivity contribution in [2.45, 2.75) is 50.2 Å². The van der Waals surface area contributed by atoms with Gasteiger partial charge in [0.25, 0.3) is 0 Å². The van der Waals surface area contributed by atoms with Gasteiger partial charge in [-0.25, -0.2) is 0 Å². The number of carbonyl (C=O) groups is 1. The van der Waals surface area contributed by atoms with Gasteiger partial charge in [0.1, 0.15) is 24.4 Å². The summed E-state index contributed by atoms with van der Waals surface area (Å²) in [5.74, 6) is -0.504. The molecule has 2 fully saturated rings. The number of methoxy groups -OCH3 is 1. The van der Waals surface area contributed by atoms with E-state index in [1.165, 1.54) is 7.11 Å². The van der Waals surface area contributed by atoms with Gasteiger partial charge >= 0.3 is 5.97 Å². The Morgan fingerprint density at radius 3 is 2.72 bits per heavy atom. The molecule has 0 unspecified atom stereocenters. The lowest BCUT2D eigenvalue weighted by molar-refractivity contribution is -0.320. The molecule has 2 aliphatic rings. The summed E-state index contributed by atoms with van der Waals surface area (Å²) in [6.07, 6.45) is -4.80. The summed E-state index contributed by atoms with van der Waals surface area (Å²) < 4.78 is 20.7. The lowest BCUT2D eigenvalue weighted by atomic mass is 9.93. The van der Waals surface area contributed by atoms with Gasteiger partial charge in [0.15, 0.2) is 6.29 Å². The van der Waals surface area contributed by atoms with E-state index in [9.17, 15) is 15.0 Å². The lowest BCUT2D eigenvalue weighted by Gasteiger charge is -2.45. The fourth-order valence-corrected chi connectivity index (χ4v) is 2.23. The SMILES string of the molecule is COC(=O)C[C@H]1O[C@@H]2CO[C@@H](C)O[C@H]2[C@H](O)[C@H]1O. The number of aliphatic hydroxyl groups excluding tert-OH is 2. The second kappa shape index (κ2) is 5.50. The number of esters is 1. The molecule has 0 radical (unpaired) electrons. The Kier molecular flexibility index (Phi) is 4.18. The van der Waals surface area contributed by atoms with Crippen LogP contribution in [-0.4, -0.2) is 66.7 Å². The van der Waals surface area contributed by atoms with Crippen LogP contribution in [0.15, 0.2) is 0 Å². The smallest absolute Gasteiger partial charge is 0.308 e. The van der Waals surface area contributed by atoms with Crippen molar-refractivity contribution >= 4 is 5.97 Å². The summed E-state index contributed by atoms with van der Waals surface area (Å²) in [6, 6.07) is 0. The summed E-state index contributed by atoms with van der Waals surface area (Å²) >= 11 is 0. The molecule has 7 nitrogen and oxygen atoms in total. The van der Waals surface area contributed by atoms with E-state index in [0.29, 0.717) is 0 Å². The maximum Gasteiger partial charge on any atom is 0.308 e. The predicted molar refractivity (Wildman–Crippen MR) is 57.6 cm³/mol. The van der Waals surface area contributed by atoms with Crippen LogP contribution in [0.2, 0.25) is 0 Å². The number of hydrogen-bond acceptors (Lipinski definition) is 7. The van der Waals surface area contributed by atoms with Gasteiger partial charge in [-0.1, -0.05) is 0 Å². The summed E-state index contributed by atoms with van der Waals surface area (Å²) in [6.45, 7) is 1.96. The van der Waals surface area contributed by atoms with Crippen LogP contribution < -0.4 is 0 Å². The largest absolute Gasteiger partial charge is 0.469 e. The Labute approximate surface area is 105 Å². The monoisotopic (exact) mass is 262 g/mol. The molecule has 104 valence electrons. The topological polar surface area (TPSA) is 94.5 Å². The van der Waals surface area contributed by atoms with Crippen molar-refractivity contribution < 1.29 is 34.0 Å². The van der Waals surface area contributed by atoms with E-state index in [0.717, 1.165) is 0 Å². The highest BCUT2D eigenvalue weighted by atomic mass is 16.7. The van der Waals surface area contributed by atoms with Gasteiger partial charge in [0.2, 0.25) is 0 Å². The standard InChI is InChI=1S/C11H18O7/c1-5-16-4-7-11(17-5)10(14)9(13)6(18-7)3-8(12)15-2/h5-7,9-11,13-14H,3-4H2,1-2H3/t5-,6-,7-,9+,10-,11-/m1/s1. The number of ether oxygens (including phenoxy) is 4. The first-order valence-electron chi connectivity index (χ1n) is 5.88. The highest BCUT2D eigenvalue weighted by Crippen LogP contribution is 2.29. The van der Waals surface area contributed by atoms with E-state index >= 15 is 0 Å². The number of rotatable bonds is 2. The molecule has 0 saturated carbocycles. The molecule has 0 amide bonds. The Hall–Kier alpha value is -0.730. The Morgan fingerprint density at radius 1 is 1.33 bits per heavy atom. The van der Waals surface area contributed by atoms with Crippen molar-refractivity contribution in [2.75, 3.05) is 13.7 Å². The molecule has 2 aliphatic heterocycles. The molecule has 0 aromatic heterocycles. The van der Waals surface area contributed by atoms with Gasteiger partial charge in [-0.15, -0.1) is 0 Å². The molecule has 2 saturated heterocycles. The molecular weight excluding hydrogens is 244 g/mol. The first kappa shape index (κ1) is 13.7. The van der Waals surface area contributed by atoms with Crippen LogP contribution in [0, 0.1) is 0 Å². The molecule has 0 aromatic carbocycles. The third-order valence-corrected chi connectivity index (χ3v) is 3.22. The fourth-order valence-electron chi connectivity index (χ4n) is 2.23. The van der Waals surface area contributed by atoms with Gasteiger partial charge in [-0.2, -0.15) is 0 Å².